The number of hydrogen-bond donors (Lipinski definition) is 1. The van der Waals surface area contributed by atoms with Crippen molar-refractivity contribution in [2.24, 2.45) is 5.92 Å². The van der Waals surface area contributed by atoms with Crippen LogP contribution in [-0.4, -0.2) is 37.3 Å². The highest BCUT2D eigenvalue weighted by atomic mass is 32.2. The van der Waals surface area contributed by atoms with Crippen molar-refractivity contribution in [3.05, 3.63) is 66.0 Å². The molecule has 29 heavy (non-hydrogen) atoms. The van der Waals surface area contributed by atoms with Crippen LogP contribution in [0.5, 0.6) is 0 Å². The molecule has 3 rings (SSSR count). The number of nitrogens with one attached hydrogen (secondary N) is 1. The first-order valence-electron chi connectivity index (χ1n) is 9.79. The van der Waals surface area contributed by atoms with E-state index in [4.69, 9.17) is 0 Å². The Morgan fingerprint density at radius 3 is 2.24 bits per heavy atom. The summed E-state index contributed by atoms with van der Waals surface area (Å²) in [4.78, 5) is 12.8. The van der Waals surface area contributed by atoms with Crippen LogP contribution in [-0.2, 0) is 21.2 Å². The molecule has 1 amide bonds. The summed E-state index contributed by atoms with van der Waals surface area (Å²) in [5.74, 6) is -0.730. The molecule has 2 aromatic rings. The number of rotatable bonds is 6. The van der Waals surface area contributed by atoms with E-state index in [1.54, 1.807) is 0 Å². The van der Waals surface area contributed by atoms with Gasteiger partial charge in [-0.15, -0.1) is 0 Å². The molecule has 2 aromatic carbocycles. The lowest BCUT2D eigenvalue weighted by molar-refractivity contribution is -0.127. The smallest absolute Gasteiger partial charge is 0.243 e. The second-order valence-electron chi connectivity index (χ2n) is 8.17. The summed E-state index contributed by atoms with van der Waals surface area (Å²) in [7, 11) is -3.67. The third-order valence-corrected chi connectivity index (χ3v) is 7.14. The van der Waals surface area contributed by atoms with E-state index in [-0.39, 0.29) is 29.8 Å². The number of halogens is 1. The first kappa shape index (κ1) is 21.5. The lowest BCUT2D eigenvalue weighted by Gasteiger charge is -2.33. The molecule has 1 aliphatic rings. The summed E-state index contributed by atoms with van der Waals surface area (Å²) in [6.45, 7) is 4.53. The molecule has 1 fully saturated rings. The fourth-order valence-corrected chi connectivity index (χ4v) is 5.17. The first-order chi connectivity index (χ1) is 13.7. The molecular weight excluding hydrogens is 391 g/mol. The molecule has 1 heterocycles. The summed E-state index contributed by atoms with van der Waals surface area (Å²) in [6.07, 6.45) is 1.65. The van der Waals surface area contributed by atoms with Crippen LogP contribution in [0.15, 0.2) is 59.5 Å². The third-order valence-electron chi connectivity index (χ3n) is 5.23. The molecule has 0 saturated carbocycles. The normalized spacial score (nSPS) is 16.5. The zero-order valence-electron chi connectivity index (χ0n) is 16.8. The zero-order valence-corrected chi connectivity index (χ0v) is 17.6. The fraction of sp³-hybridized carbons (Fsp3) is 0.409. The van der Waals surface area contributed by atoms with Crippen molar-refractivity contribution < 1.29 is 17.6 Å². The molecule has 0 atom stereocenters. The Balaban J connectivity index is 1.57. The lowest BCUT2D eigenvalue weighted by atomic mass is 9.91. The van der Waals surface area contributed by atoms with Crippen molar-refractivity contribution in [2.75, 3.05) is 13.1 Å². The number of sulfonamides is 1. The highest BCUT2D eigenvalue weighted by Gasteiger charge is 2.33. The van der Waals surface area contributed by atoms with E-state index in [9.17, 15) is 17.6 Å². The Labute approximate surface area is 172 Å². The Kier molecular flexibility index (Phi) is 6.39. The maximum atomic E-state index is 13.1. The van der Waals surface area contributed by atoms with Crippen LogP contribution in [0.2, 0.25) is 0 Å². The molecule has 1 aliphatic heterocycles. The number of benzene rings is 2. The van der Waals surface area contributed by atoms with Crippen molar-refractivity contribution >= 4 is 15.9 Å². The second kappa shape index (κ2) is 8.63. The van der Waals surface area contributed by atoms with Crippen LogP contribution in [0.25, 0.3) is 0 Å². The third kappa shape index (κ3) is 5.42. The molecule has 1 N–H and O–H groups in total. The summed E-state index contributed by atoms with van der Waals surface area (Å²) < 4.78 is 39.9. The van der Waals surface area contributed by atoms with E-state index in [0.29, 0.717) is 12.8 Å². The fourth-order valence-electron chi connectivity index (χ4n) is 3.70. The second-order valence-corrected chi connectivity index (χ2v) is 10.1. The standard InChI is InChI=1S/C22H27FN2O3S/c1-22(2,16-17-6-4-3-5-7-17)24-21(26)18-12-14-25(15-13-18)29(27,28)20-10-8-19(23)9-11-20/h3-11,18H,12-16H2,1-2H3,(H,24,26). The van der Waals surface area contributed by atoms with Crippen LogP contribution in [0, 0.1) is 11.7 Å². The summed E-state index contributed by atoms with van der Waals surface area (Å²) in [5.41, 5.74) is 0.758. The number of amides is 1. The number of carbonyl (C=O) groups is 1. The molecule has 7 heteroatoms. The zero-order chi connectivity index (χ0) is 21.1. The molecule has 5 nitrogen and oxygen atoms in total. The Hall–Kier alpha value is -2.25. The van der Waals surface area contributed by atoms with Gasteiger partial charge in [-0.25, -0.2) is 12.8 Å². The molecular formula is C22H27FN2O3S. The van der Waals surface area contributed by atoms with Crippen molar-refractivity contribution in [2.45, 2.75) is 43.5 Å². The average molecular weight is 419 g/mol. The van der Waals surface area contributed by atoms with Crippen LogP contribution in [0.3, 0.4) is 0 Å². The number of carbonyl (C=O) groups excluding carboxylic acids is 1. The highest BCUT2D eigenvalue weighted by molar-refractivity contribution is 7.89. The topological polar surface area (TPSA) is 66.5 Å². The average Bonchev–Trinajstić information content (AvgIpc) is 2.68. The van der Waals surface area contributed by atoms with E-state index < -0.39 is 21.4 Å². The minimum atomic E-state index is -3.67. The molecule has 0 unspecified atom stereocenters. The Morgan fingerprint density at radius 1 is 1.07 bits per heavy atom. The van der Waals surface area contributed by atoms with Crippen LogP contribution in [0.4, 0.5) is 4.39 Å². The van der Waals surface area contributed by atoms with Gasteiger partial charge in [0.1, 0.15) is 5.82 Å². The highest BCUT2D eigenvalue weighted by Crippen LogP contribution is 2.25. The predicted molar refractivity (Wildman–Crippen MR) is 110 cm³/mol. The minimum Gasteiger partial charge on any atom is -0.351 e. The minimum absolute atomic E-state index is 0.0373. The van der Waals surface area contributed by atoms with E-state index in [2.05, 4.69) is 5.32 Å². The molecule has 156 valence electrons. The predicted octanol–water partition coefficient (Wildman–Crippen LogP) is 3.36. The lowest BCUT2D eigenvalue weighted by Crippen LogP contribution is -2.50. The number of piperidine rings is 1. The molecule has 0 bridgehead atoms. The molecule has 0 aromatic heterocycles. The summed E-state index contributed by atoms with van der Waals surface area (Å²) in [6, 6.07) is 14.8. The van der Waals surface area contributed by atoms with Gasteiger partial charge in [0.25, 0.3) is 0 Å². The van der Waals surface area contributed by atoms with Crippen LogP contribution < -0.4 is 5.32 Å². The van der Waals surface area contributed by atoms with Gasteiger partial charge in [-0.05, 0) is 62.9 Å². The monoisotopic (exact) mass is 418 g/mol. The van der Waals surface area contributed by atoms with Crippen molar-refractivity contribution in [1.82, 2.24) is 9.62 Å². The van der Waals surface area contributed by atoms with Gasteiger partial charge in [-0.3, -0.25) is 4.79 Å². The van der Waals surface area contributed by atoms with Gasteiger partial charge in [0.2, 0.25) is 15.9 Å². The van der Waals surface area contributed by atoms with E-state index in [1.165, 1.54) is 16.4 Å². The Morgan fingerprint density at radius 2 is 1.66 bits per heavy atom. The van der Waals surface area contributed by atoms with Crippen molar-refractivity contribution in [3.8, 4) is 0 Å². The Bertz CT molecular complexity index is 936. The summed E-state index contributed by atoms with van der Waals surface area (Å²) >= 11 is 0. The first-order valence-corrected chi connectivity index (χ1v) is 11.2. The molecule has 0 aliphatic carbocycles. The van der Waals surface area contributed by atoms with Gasteiger partial charge in [0, 0.05) is 24.5 Å². The summed E-state index contributed by atoms with van der Waals surface area (Å²) in [5, 5.41) is 3.12. The van der Waals surface area contributed by atoms with Crippen molar-refractivity contribution in [1.29, 1.82) is 0 Å². The molecule has 0 spiro atoms. The maximum absolute atomic E-state index is 13.1. The van der Waals surface area contributed by atoms with Gasteiger partial charge in [0.05, 0.1) is 4.90 Å². The number of hydrogen-bond acceptors (Lipinski definition) is 3. The largest absolute Gasteiger partial charge is 0.351 e. The molecule has 0 radical (unpaired) electrons. The van der Waals surface area contributed by atoms with E-state index in [1.807, 2.05) is 44.2 Å². The van der Waals surface area contributed by atoms with Gasteiger partial charge in [-0.1, -0.05) is 30.3 Å². The SMILES string of the molecule is CC(C)(Cc1ccccc1)NC(=O)C1CCN(S(=O)(=O)c2ccc(F)cc2)CC1. The van der Waals surface area contributed by atoms with Crippen molar-refractivity contribution in [3.63, 3.8) is 0 Å². The number of nitrogens with zero attached hydrogens (tertiary/aromatic N) is 1. The van der Waals surface area contributed by atoms with Gasteiger partial charge < -0.3 is 5.32 Å². The molecule has 1 saturated heterocycles. The maximum Gasteiger partial charge on any atom is 0.243 e. The van der Waals surface area contributed by atoms with E-state index in [0.717, 1.165) is 24.1 Å². The van der Waals surface area contributed by atoms with Crippen LogP contribution >= 0.6 is 0 Å². The van der Waals surface area contributed by atoms with E-state index >= 15 is 0 Å². The van der Waals surface area contributed by atoms with Gasteiger partial charge in [-0.2, -0.15) is 4.31 Å². The van der Waals surface area contributed by atoms with Gasteiger partial charge in [0.15, 0.2) is 0 Å². The van der Waals surface area contributed by atoms with Gasteiger partial charge >= 0.3 is 0 Å². The van der Waals surface area contributed by atoms with Crippen LogP contribution in [0.1, 0.15) is 32.3 Å². The quantitative estimate of drug-likeness (QED) is 0.782.